The fourth-order valence-electron chi connectivity index (χ4n) is 3.73. The van der Waals surface area contributed by atoms with Crippen molar-refractivity contribution >= 4 is 22.8 Å². The zero-order valence-corrected chi connectivity index (χ0v) is 18.4. The summed E-state index contributed by atoms with van der Waals surface area (Å²) in [5, 5.41) is 7.60. The van der Waals surface area contributed by atoms with Crippen LogP contribution in [-0.4, -0.2) is 37.7 Å². The smallest absolute Gasteiger partial charge is 0.331 e. The number of hydrogen-bond acceptors (Lipinski definition) is 7. The number of fused-ring (bicyclic) bond motifs is 2. The van der Waals surface area contributed by atoms with E-state index >= 15 is 0 Å². The number of aromatic nitrogens is 4. The van der Waals surface area contributed by atoms with Crippen LogP contribution in [0.5, 0.6) is 11.6 Å². The monoisotopic (exact) mass is 432 g/mol. The molecule has 1 aliphatic rings. The second-order valence-corrected chi connectivity index (χ2v) is 9.04. The van der Waals surface area contributed by atoms with Gasteiger partial charge < -0.3 is 9.26 Å². The molecular weight excluding hydrogens is 408 g/mol. The van der Waals surface area contributed by atoms with Crippen molar-refractivity contribution in [1.82, 2.24) is 24.6 Å². The average molecular weight is 432 g/mol. The van der Waals surface area contributed by atoms with Crippen molar-refractivity contribution in [3.8, 4) is 11.6 Å². The number of nitrogens with one attached hydrogen (secondary N) is 1. The van der Waals surface area contributed by atoms with E-state index in [2.05, 4.69) is 25.3 Å². The SMILES string of the molecule is CN1Cc2ncnc(Oc3ccc4c(ccn4C(=O)Nc4cc(C(C)(C)C)on4)c3)c2C1. The molecule has 3 aromatic heterocycles. The van der Waals surface area contributed by atoms with Gasteiger partial charge >= 0.3 is 6.03 Å². The van der Waals surface area contributed by atoms with E-state index in [9.17, 15) is 4.79 Å². The normalized spacial score (nSPS) is 14.0. The summed E-state index contributed by atoms with van der Waals surface area (Å²) < 4.78 is 12.9. The van der Waals surface area contributed by atoms with Crippen LogP contribution >= 0.6 is 0 Å². The van der Waals surface area contributed by atoms with Gasteiger partial charge in [-0.2, -0.15) is 0 Å². The molecule has 1 N–H and O–H groups in total. The van der Waals surface area contributed by atoms with Crippen LogP contribution in [-0.2, 0) is 18.5 Å². The number of carbonyl (C=O) groups is 1. The second-order valence-electron chi connectivity index (χ2n) is 9.04. The number of ether oxygens (including phenoxy) is 1. The molecule has 0 atom stereocenters. The van der Waals surface area contributed by atoms with Crippen LogP contribution in [0.3, 0.4) is 0 Å². The van der Waals surface area contributed by atoms with Crippen LogP contribution in [0.25, 0.3) is 10.9 Å². The molecule has 9 heteroatoms. The van der Waals surface area contributed by atoms with E-state index in [1.54, 1.807) is 12.3 Å². The minimum absolute atomic E-state index is 0.189. The average Bonchev–Trinajstić information content (AvgIpc) is 3.45. The molecule has 0 fully saturated rings. The number of amides is 1. The van der Waals surface area contributed by atoms with Crippen molar-refractivity contribution < 1.29 is 14.1 Å². The Labute approximate surface area is 185 Å². The Morgan fingerprint density at radius 2 is 2.00 bits per heavy atom. The minimum Gasteiger partial charge on any atom is -0.439 e. The molecule has 1 aliphatic heterocycles. The molecule has 0 saturated carbocycles. The van der Waals surface area contributed by atoms with Crippen LogP contribution in [0.1, 0.15) is 37.8 Å². The van der Waals surface area contributed by atoms with Gasteiger partial charge in [-0.25, -0.2) is 14.8 Å². The molecule has 0 saturated heterocycles. The second kappa shape index (κ2) is 7.45. The number of rotatable bonds is 3. The summed E-state index contributed by atoms with van der Waals surface area (Å²) in [7, 11) is 2.04. The fourth-order valence-corrected chi connectivity index (χ4v) is 3.73. The maximum Gasteiger partial charge on any atom is 0.331 e. The highest BCUT2D eigenvalue weighted by Gasteiger charge is 2.23. The lowest BCUT2D eigenvalue weighted by Crippen LogP contribution is -2.18. The van der Waals surface area contributed by atoms with Gasteiger partial charge in [-0.3, -0.25) is 14.8 Å². The Hall–Kier alpha value is -3.72. The number of hydrogen-bond donors (Lipinski definition) is 1. The Balaban J connectivity index is 1.36. The highest BCUT2D eigenvalue weighted by Crippen LogP contribution is 2.31. The summed E-state index contributed by atoms with van der Waals surface area (Å²) in [6.45, 7) is 7.60. The molecule has 4 aromatic rings. The highest BCUT2D eigenvalue weighted by atomic mass is 16.5. The Morgan fingerprint density at radius 3 is 2.78 bits per heavy atom. The van der Waals surface area contributed by atoms with Crippen LogP contribution in [0.15, 0.2) is 47.4 Å². The summed E-state index contributed by atoms with van der Waals surface area (Å²) in [5.74, 6) is 2.30. The molecule has 164 valence electrons. The maximum atomic E-state index is 12.8. The van der Waals surface area contributed by atoms with Crippen molar-refractivity contribution in [2.75, 3.05) is 12.4 Å². The Morgan fingerprint density at radius 1 is 1.16 bits per heavy atom. The van der Waals surface area contributed by atoms with Gasteiger partial charge in [0.15, 0.2) is 5.82 Å². The topological polar surface area (TPSA) is 98.3 Å². The fraction of sp³-hybridized carbons (Fsp3) is 0.304. The minimum atomic E-state index is -0.320. The first kappa shape index (κ1) is 20.2. The van der Waals surface area contributed by atoms with Gasteiger partial charge in [0.25, 0.3) is 0 Å². The molecule has 1 aromatic carbocycles. The van der Waals surface area contributed by atoms with Crippen LogP contribution < -0.4 is 10.1 Å². The summed E-state index contributed by atoms with van der Waals surface area (Å²) in [5.41, 5.74) is 2.56. The van der Waals surface area contributed by atoms with E-state index < -0.39 is 0 Å². The van der Waals surface area contributed by atoms with Gasteiger partial charge in [-0.05, 0) is 31.3 Å². The number of anilines is 1. The van der Waals surface area contributed by atoms with Gasteiger partial charge in [0.1, 0.15) is 17.8 Å². The first-order valence-electron chi connectivity index (χ1n) is 10.4. The lowest BCUT2D eigenvalue weighted by atomic mass is 9.93. The lowest BCUT2D eigenvalue weighted by Gasteiger charge is -2.12. The van der Waals surface area contributed by atoms with E-state index in [1.165, 1.54) is 10.9 Å². The van der Waals surface area contributed by atoms with Crippen molar-refractivity contribution in [1.29, 1.82) is 0 Å². The largest absolute Gasteiger partial charge is 0.439 e. The molecule has 4 heterocycles. The van der Waals surface area contributed by atoms with Gasteiger partial charge in [0.2, 0.25) is 5.88 Å². The van der Waals surface area contributed by atoms with Gasteiger partial charge in [-0.1, -0.05) is 25.9 Å². The summed E-state index contributed by atoms with van der Waals surface area (Å²) in [6, 6.07) is 8.85. The molecule has 0 aliphatic carbocycles. The van der Waals surface area contributed by atoms with Gasteiger partial charge in [-0.15, -0.1) is 0 Å². The Bertz CT molecular complexity index is 1320. The molecule has 0 unspecified atom stereocenters. The van der Waals surface area contributed by atoms with E-state index in [-0.39, 0.29) is 11.4 Å². The third-order valence-corrected chi connectivity index (χ3v) is 5.42. The van der Waals surface area contributed by atoms with Crippen molar-refractivity contribution in [2.24, 2.45) is 0 Å². The van der Waals surface area contributed by atoms with E-state index in [1.807, 2.05) is 52.1 Å². The number of carbonyl (C=O) groups excluding carboxylic acids is 1. The quantitative estimate of drug-likeness (QED) is 0.508. The molecule has 9 nitrogen and oxygen atoms in total. The third-order valence-electron chi connectivity index (χ3n) is 5.42. The van der Waals surface area contributed by atoms with E-state index in [0.717, 1.165) is 35.2 Å². The summed E-state index contributed by atoms with van der Waals surface area (Å²) in [4.78, 5) is 23.6. The molecule has 32 heavy (non-hydrogen) atoms. The van der Waals surface area contributed by atoms with E-state index in [4.69, 9.17) is 9.26 Å². The zero-order valence-electron chi connectivity index (χ0n) is 18.4. The molecular formula is C23H24N6O3. The predicted octanol–water partition coefficient (Wildman–Crippen LogP) is 4.53. The number of benzene rings is 1. The van der Waals surface area contributed by atoms with Crippen molar-refractivity contribution in [3.63, 3.8) is 0 Å². The van der Waals surface area contributed by atoms with Gasteiger partial charge in [0.05, 0.1) is 16.8 Å². The third kappa shape index (κ3) is 3.71. The highest BCUT2D eigenvalue weighted by molar-refractivity contribution is 5.98. The lowest BCUT2D eigenvalue weighted by molar-refractivity contribution is 0.254. The summed E-state index contributed by atoms with van der Waals surface area (Å²) >= 11 is 0. The predicted molar refractivity (Wildman–Crippen MR) is 119 cm³/mol. The molecule has 0 bridgehead atoms. The van der Waals surface area contributed by atoms with Crippen LogP contribution in [0.4, 0.5) is 10.6 Å². The number of nitrogens with zero attached hydrogens (tertiary/aromatic N) is 5. The molecule has 0 radical (unpaired) electrons. The van der Waals surface area contributed by atoms with Crippen LogP contribution in [0.2, 0.25) is 0 Å². The molecule has 0 spiro atoms. The van der Waals surface area contributed by atoms with Crippen molar-refractivity contribution in [2.45, 2.75) is 39.3 Å². The standard InChI is InChI=1S/C23H24N6O3/c1-23(2,3)19-10-20(27-32-19)26-22(30)29-8-7-14-9-15(5-6-18(14)29)31-21-16-11-28(4)12-17(16)24-13-25-21/h5-10,13H,11-12H2,1-4H3,(H,26,27,30). The first-order valence-corrected chi connectivity index (χ1v) is 10.4. The van der Waals surface area contributed by atoms with Crippen molar-refractivity contribution in [3.05, 3.63) is 59.9 Å². The zero-order chi connectivity index (χ0) is 22.5. The molecule has 1 amide bonds. The van der Waals surface area contributed by atoms with Gasteiger partial charge in [0, 0.05) is 36.2 Å². The Kier molecular flexibility index (Phi) is 4.70. The first-order chi connectivity index (χ1) is 15.3. The maximum absolute atomic E-state index is 12.8. The van der Waals surface area contributed by atoms with E-state index in [0.29, 0.717) is 23.2 Å². The summed E-state index contributed by atoms with van der Waals surface area (Å²) in [6.07, 6.45) is 3.24. The molecule has 5 rings (SSSR count). The van der Waals surface area contributed by atoms with Crippen LogP contribution in [0, 0.1) is 0 Å².